The van der Waals surface area contributed by atoms with Crippen molar-refractivity contribution < 1.29 is 9.34 Å². The molecule has 2 N–H and O–H groups in total. The number of hydrogen-bond acceptors (Lipinski definition) is 5. The first kappa shape index (κ1) is 10.1. The van der Waals surface area contributed by atoms with Gasteiger partial charge in [0.2, 0.25) is 0 Å². The maximum absolute atomic E-state index is 10.2. The van der Waals surface area contributed by atoms with Gasteiger partial charge in [0.1, 0.15) is 5.76 Å². The lowest BCUT2D eigenvalue weighted by Gasteiger charge is -2.05. The second-order valence-corrected chi connectivity index (χ2v) is 2.51. The van der Waals surface area contributed by atoms with Crippen molar-refractivity contribution >= 4 is 0 Å². The van der Waals surface area contributed by atoms with E-state index in [4.69, 9.17) is 4.42 Å². The Morgan fingerprint density at radius 3 is 3.07 bits per heavy atom. The van der Waals surface area contributed by atoms with Crippen LogP contribution < -0.4 is 10.6 Å². The van der Waals surface area contributed by atoms with Crippen LogP contribution in [0.1, 0.15) is 5.76 Å². The van der Waals surface area contributed by atoms with Crippen LogP contribution in [0.15, 0.2) is 34.8 Å². The van der Waals surface area contributed by atoms with Crippen LogP contribution in [0.25, 0.3) is 0 Å². The molecule has 6 heteroatoms. The van der Waals surface area contributed by atoms with E-state index in [1.807, 2.05) is 0 Å². The van der Waals surface area contributed by atoms with E-state index in [1.54, 1.807) is 25.4 Å². The van der Waals surface area contributed by atoms with Gasteiger partial charge in [0.05, 0.1) is 17.7 Å². The Morgan fingerprint density at radius 2 is 2.57 bits per heavy atom. The van der Waals surface area contributed by atoms with Gasteiger partial charge >= 0.3 is 0 Å². The molecule has 1 aromatic rings. The lowest BCUT2D eigenvalue weighted by Crippen LogP contribution is -2.23. The maximum atomic E-state index is 10.2. The van der Waals surface area contributed by atoms with Crippen molar-refractivity contribution in [1.82, 2.24) is 10.6 Å². The van der Waals surface area contributed by atoms with Gasteiger partial charge in [0, 0.05) is 7.05 Å². The van der Waals surface area contributed by atoms with E-state index >= 15 is 0 Å². The molecule has 0 aliphatic carbocycles. The summed E-state index contributed by atoms with van der Waals surface area (Å²) < 4.78 is 5.05. The first-order chi connectivity index (χ1) is 6.72. The average Bonchev–Trinajstić information content (AvgIpc) is 2.64. The molecule has 0 aliphatic rings. The van der Waals surface area contributed by atoms with Gasteiger partial charge in [-0.25, -0.2) is 0 Å². The maximum Gasteiger partial charge on any atom is 0.274 e. The Labute approximate surface area is 80.7 Å². The minimum atomic E-state index is -0.527. The van der Waals surface area contributed by atoms with E-state index in [0.717, 1.165) is 12.0 Å². The Kier molecular flexibility index (Phi) is 3.54. The van der Waals surface area contributed by atoms with Crippen LogP contribution in [0.4, 0.5) is 0 Å². The van der Waals surface area contributed by atoms with Crippen molar-refractivity contribution in [3.8, 4) is 0 Å². The van der Waals surface area contributed by atoms with E-state index in [-0.39, 0.29) is 0 Å². The fourth-order valence-electron chi connectivity index (χ4n) is 0.899. The molecule has 0 saturated heterocycles. The molecular weight excluding hydrogens is 186 g/mol. The Morgan fingerprint density at radius 1 is 1.79 bits per heavy atom. The van der Waals surface area contributed by atoms with Gasteiger partial charge in [0.15, 0.2) is 5.82 Å². The molecule has 1 aromatic heterocycles. The van der Waals surface area contributed by atoms with Crippen molar-refractivity contribution in [2.75, 3.05) is 7.05 Å². The lowest BCUT2D eigenvalue weighted by atomic mass is 10.4. The van der Waals surface area contributed by atoms with Crippen molar-refractivity contribution in [1.29, 1.82) is 0 Å². The van der Waals surface area contributed by atoms with Crippen molar-refractivity contribution in [3.63, 3.8) is 0 Å². The predicted molar refractivity (Wildman–Crippen MR) is 49.7 cm³/mol. The molecule has 14 heavy (non-hydrogen) atoms. The van der Waals surface area contributed by atoms with Crippen molar-refractivity contribution in [2.24, 2.45) is 0 Å². The van der Waals surface area contributed by atoms with Crippen LogP contribution in [0.2, 0.25) is 0 Å². The largest absolute Gasteiger partial charge is 0.467 e. The number of furan rings is 1. The predicted octanol–water partition coefficient (Wildman–Crippen LogP) is 0.664. The summed E-state index contributed by atoms with van der Waals surface area (Å²) >= 11 is 0. The smallest absolute Gasteiger partial charge is 0.274 e. The summed E-state index contributed by atoms with van der Waals surface area (Å²) in [4.78, 5) is 9.63. The normalized spacial score (nSPS) is 11.1. The Bertz CT molecular complexity index is 319. The molecule has 0 aromatic carbocycles. The molecule has 0 radical (unpaired) electrons. The molecule has 0 spiro atoms. The zero-order valence-corrected chi connectivity index (χ0v) is 7.69. The van der Waals surface area contributed by atoms with E-state index in [0.29, 0.717) is 12.4 Å². The molecule has 0 aliphatic heterocycles. The van der Waals surface area contributed by atoms with Crippen LogP contribution in [0.5, 0.6) is 0 Å². The summed E-state index contributed by atoms with van der Waals surface area (Å²) in [5.74, 6) is 1.06. The van der Waals surface area contributed by atoms with E-state index in [1.165, 1.54) is 0 Å². The molecule has 0 bridgehead atoms. The van der Waals surface area contributed by atoms with Gasteiger partial charge in [-0.05, 0) is 12.1 Å². The highest BCUT2D eigenvalue weighted by molar-refractivity contribution is 5.00. The highest BCUT2D eigenvalue weighted by Crippen LogP contribution is 1.99. The van der Waals surface area contributed by atoms with Crippen LogP contribution in [-0.4, -0.2) is 12.0 Å². The summed E-state index contributed by atoms with van der Waals surface area (Å²) in [6.45, 7) is 0.410. The number of nitro groups is 1. The molecule has 0 atom stereocenters. The lowest BCUT2D eigenvalue weighted by molar-refractivity contribution is -0.404. The fraction of sp³-hybridized carbons (Fsp3) is 0.250. The number of nitrogens with zero attached hydrogens (tertiary/aromatic N) is 1. The van der Waals surface area contributed by atoms with E-state index < -0.39 is 4.92 Å². The van der Waals surface area contributed by atoms with Gasteiger partial charge in [-0.3, -0.25) is 10.1 Å². The van der Waals surface area contributed by atoms with Crippen molar-refractivity contribution in [2.45, 2.75) is 6.54 Å². The second kappa shape index (κ2) is 4.90. The summed E-state index contributed by atoms with van der Waals surface area (Å²) in [6, 6.07) is 3.54. The molecule has 1 heterocycles. The number of rotatable bonds is 5. The van der Waals surface area contributed by atoms with Crippen LogP contribution >= 0.6 is 0 Å². The zero-order chi connectivity index (χ0) is 10.4. The van der Waals surface area contributed by atoms with Crippen molar-refractivity contribution in [3.05, 3.63) is 46.3 Å². The average molecular weight is 197 g/mol. The molecule has 76 valence electrons. The minimum Gasteiger partial charge on any atom is -0.467 e. The van der Waals surface area contributed by atoms with Crippen LogP contribution in [0.3, 0.4) is 0 Å². The van der Waals surface area contributed by atoms with Gasteiger partial charge in [-0.1, -0.05) is 0 Å². The minimum absolute atomic E-state index is 0.339. The van der Waals surface area contributed by atoms with Gasteiger partial charge < -0.3 is 15.1 Å². The Balaban J connectivity index is 2.46. The summed E-state index contributed by atoms with van der Waals surface area (Å²) in [5.41, 5.74) is 0. The zero-order valence-electron chi connectivity index (χ0n) is 7.69. The highest BCUT2D eigenvalue weighted by Gasteiger charge is 2.00. The molecule has 1 rings (SSSR count). The highest BCUT2D eigenvalue weighted by atomic mass is 16.6. The van der Waals surface area contributed by atoms with E-state index in [9.17, 15) is 10.1 Å². The van der Waals surface area contributed by atoms with Gasteiger partial charge in [0.25, 0.3) is 6.20 Å². The molecule has 0 unspecified atom stereocenters. The summed E-state index contributed by atoms with van der Waals surface area (Å²) in [6.07, 6.45) is 2.41. The standard InChI is InChI=1S/C8H11N3O3/c1-9-8(6-11(12)13)10-5-7-3-2-4-14-7/h2-4,6,9-10H,5H2,1H3. The van der Waals surface area contributed by atoms with E-state index in [2.05, 4.69) is 10.6 Å². The monoisotopic (exact) mass is 197 g/mol. The Hall–Kier alpha value is -1.98. The molecule has 6 nitrogen and oxygen atoms in total. The third-order valence-corrected chi connectivity index (χ3v) is 1.54. The molecular formula is C8H11N3O3. The van der Waals surface area contributed by atoms with Gasteiger partial charge in [-0.15, -0.1) is 0 Å². The second-order valence-electron chi connectivity index (χ2n) is 2.51. The molecule has 0 fully saturated rings. The summed E-state index contributed by atoms with van der Waals surface area (Å²) in [5, 5.41) is 15.6. The molecule has 0 saturated carbocycles. The fourth-order valence-corrected chi connectivity index (χ4v) is 0.899. The van der Waals surface area contributed by atoms with Gasteiger partial charge in [-0.2, -0.15) is 0 Å². The first-order valence-electron chi connectivity index (χ1n) is 4.01. The number of nitrogens with one attached hydrogen (secondary N) is 2. The summed E-state index contributed by atoms with van der Waals surface area (Å²) in [7, 11) is 1.60. The first-order valence-corrected chi connectivity index (χ1v) is 4.01. The SMILES string of the molecule is CNC(=C[N+](=O)[O-])NCc1ccco1. The third kappa shape index (κ3) is 3.18. The third-order valence-electron chi connectivity index (χ3n) is 1.54. The van der Waals surface area contributed by atoms with Crippen LogP contribution in [-0.2, 0) is 6.54 Å². The topological polar surface area (TPSA) is 80.3 Å². The van der Waals surface area contributed by atoms with Crippen LogP contribution in [0, 0.1) is 10.1 Å². The quantitative estimate of drug-likeness (QED) is 0.535. The molecule has 0 amide bonds. The number of hydrogen-bond donors (Lipinski definition) is 2.